The highest BCUT2D eigenvalue weighted by atomic mass is 32.2. The first-order valence-corrected chi connectivity index (χ1v) is 10.0. The van der Waals surface area contributed by atoms with Gasteiger partial charge in [0.05, 0.1) is 11.4 Å². The number of benzene rings is 2. The fraction of sp³-hybridized carbons (Fsp3) is 0.111. The number of Topliss-reactive ketones (excluding diaryl/α,β-unsaturated/α-hetero) is 1. The minimum Gasteiger partial charge on any atom is -0.325 e. The van der Waals surface area contributed by atoms with Gasteiger partial charge in [-0.3, -0.25) is 9.59 Å². The minimum atomic E-state index is -0.330. The molecular weight excluding hydrogens is 405 g/mol. The van der Waals surface area contributed by atoms with Crippen LogP contribution < -0.4 is 5.32 Å². The molecular formula is C18H14FN3O2S3. The Bertz CT molecular complexity index is 1030. The first-order chi connectivity index (χ1) is 12.9. The summed E-state index contributed by atoms with van der Waals surface area (Å²) in [5, 5.41) is 7.14. The molecule has 1 N–H and O–H groups in total. The van der Waals surface area contributed by atoms with Crippen LogP contribution in [0.3, 0.4) is 0 Å². The molecule has 0 atom stereocenters. The van der Waals surface area contributed by atoms with Gasteiger partial charge < -0.3 is 5.32 Å². The average Bonchev–Trinajstić information content (AvgIpc) is 3.02. The zero-order valence-electron chi connectivity index (χ0n) is 14.1. The van der Waals surface area contributed by atoms with Crippen LogP contribution in [0.15, 0.2) is 52.9 Å². The minimum absolute atomic E-state index is 0.0265. The molecule has 0 aliphatic heterocycles. The first kappa shape index (κ1) is 19.4. The van der Waals surface area contributed by atoms with E-state index in [-0.39, 0.29) is 23.3 Å². The fourth-order valence-electron chi connectivity index (χ4n) is 2.18. The van der Waals surface area contributed by atoms with E-state index in [1.54, 1.807) is 41.1 Å². The number of hydrogen-bond acceptors (Lipinski definition) is 6. The third-order valence-electron chi connectivity index (χ3n) is 3.50. The summed E-state index contributed by atoms with van der Waals surface area (Å²) < 4.78 is 15.7. The van der Waals surface area contributed by atoms with E-state index in [4.69, 9.17) is 12.2 Å². The molecule has 0 radical (unpaired) electrons. The van der Waals surface area contributed by atoms with Crippen LogP contribution >= 0.6 is 35.3 Å². The Hall–Kier alpha value is -2.36. The number of anilines is 1. The van der Waals surface area contributed by atoms with Crippen LogP contribution in [0.25, 0.3) is 5.69 Å². The van der Waals surface area contributed by atoms with Gasteiger partial charge in [-0.05, 0) is 67.7 Å². The maximum absolute atomic E-state index is 13.0. The Morgan fingerprint density at radius 2 is 1.85 bits per heavy atom. The second kappa shape index (κ2) is 8.55. The summed E-state index contributed by atoms with van der Waals surface area (Å²) in [5.74, 6) is -0.380. The topological polar surface area (TPSA) is 64.0 Å². The predicted molar refractivity (Wildman–Crippen MR) is 108 cm³/mol. The van der Waals surface area contributed by atoms with Gasteiger partial charge in [0.15, 0.2) is 14.1 Å². The van der Waals surface area contributed by atoms with Gasteiger partial charge in [-0.2, -0.15) is 0 Å². The number of rotatable bonds is 6. The third kappa shape index (κ3) is 5.09. The van der Waals surface area contributed by atoms with Crippen molar-refractivity contribution in [3.05, 3.63) is 63.9 Å². The lowest BCUT2D eigenvalue weighted by Crippen LogP contribution is -2.14. The number of halogens is 1. The van der Waals surface area contributed by atoms with Crippen molar-refractivity contribution in [3.8, 4) is 5.69 Å². The molecule has 1 amide bonds. The second-order valence-electron chi connectivity index (χ2n) is 5.49. The zero-order valence-corrected chi connectivity index (χ0v) is 16.6. The van der Waals surface area contributed by atoms with Crippen molar-refractivity contribution in [3.63, 3.8) is 0 Å². The van der Waals surface area contributed by atoms with Gasteiger partial charge in [0.2, 0.25) is 5.91 Å². The highest BCUT2D eigenvalue weighted by Crippen LogP contribution is 2.24. The molecule has 5 nitrogen and oxygen atoms in total. The summed E-state index contributed by atoms with van der Waals surface area (Å²) in [7, 11) is 0. The maximum atomic E-state index is 13.0. The van der Waals surface area contributed by atoms with E-state index in [9.17, 15) is 14.0 Å². The Labute approximate surface area is 168 Å². The van der Waals surface area contributed by atoms with Crippen molar-refractivity contribution >= 4 is 52.7 Å². The van der Waals surface area contributed by atoms with Crippen molar-refractivity contribution in [2.75, 3.05) is 11.1 Å². The Balaban J connectivity index is 1.60. The van der Waals surface area contributed by atoms with Crippen LogP contribution in [0, 0.1) is 9.77 Å². The van der Waals surface area contributed by atoms with Gasteiger partial charge in [0.25, 0.3) is 0 Å². The SMILES string of the molecule is CC(=O)c1ccc(NC(=O)CSc2nn(-c3ccc(F)cc3)c(=S)s2)cc1. The first-order valence-electron chi connectivity index (χ1n) is 7.82. The quantitative estimate of drug-likeness (QED) is 0.355. The molecule has 0 unspecified atom stereocenters. The number of carbonyl (C=O) groups is 2. The molecule has 9 heteroatoms. The number of amides is 1. The summed E-state index contributed by atoms with van der Waals surface area (Å²) in [6.07, 6.45) is 0. The van der Waals surface area contributed by atoms with E-state index in [2.05, 4.69) is 10.4 Å². The molecule has 138 valence electrons. The molecule has 27 heavy (non-hydrogen) atoms. The number of nitrogens with one attached hydrogen (secondary N) is 1. The van der Waals surface area contributed by atoms with E-state index >= 15 is 0 Å². The van der Waals surface area contributed by atoms with Crippen LogP contribution in [-0.4, -0.2) is 27.2 Å². The molecule has 3 rings (SSSR count). The zero-order chi connectivity index (χ0) is 19.4. The summed E-state index contributed by atoms with van der Waals surface area (Å²) in [5.41, 5.74) is 1.88. The van der Waals surface area contributed by atoms with Crippen LogP contribution in [0.4, 0.5) is 10.1 Å². The summed E-state index contributed by atoms with van der Waals surface area (Å²) >= 11 is 7.84. The van der Waals surface area contributed by atoms with Crippen LogP contribution in [-0.2, 0) is 4.79 Å². The normalized spacial score (nSPS) is 10.6. The molecule has 0 aliphatic carbocycles. The molecule has 0 saturated heterocycles. The predicted octanol–water partition coefficient (Wildman–Crippen LogP) is 4.74. The Morgan fingerprint density at radius 3 is 2.48 bits per heavy atom. The highest BCUT2D eigenvalue weighted by Gasteiger charge is 2.10. The molecule has 0 spiro atoms. The van der Waals surface area contributed by atoms with Crippen molar-refractivity contribution in [2.24, 2.45) is 0 Å². The number of carbonyl (C=O) groups excluding carboxylic acids is 2. The number of ketones is 1. The molecule has 0 saturated carbocycles. The van der Waals surface area contributed by atoms with Gasteiger partial charge in [0.1, 0.15) is 5.82 Å². The summed E-state index contributed by atoms with van der Waals surface area (Å²) in [4.78, 5) is 23.4. The molecule has 3 aromatic rings. The fourth-order valence-corrected chi connectivity index (χ4v) is 4.34. The van der Waals surface area contributed by atoms with Gasteiger partial charge >= 0.3 is 0 Å². The summed E-state index contributed by atoms with van der Waals surface area (Å²) in [6.45, 7) is 1.49. The number of thioether (sulfide) groups is 1. The van der Waals surface area contributed by atoms with E-state index in [1.807, 2.05) is 0 Å². The van der Waals surface area contributed by atoms with Crippen molar-refractivity contribution in [1.82, 2.24) is 9.78 Å². The Morgan fingerprint density at radius 1 is 1.19 bits per heavy atom. The Kier molecular flexibility index (Phi) is 6.15. The van der Waals surface area contributed by atoms with E-state index in [0.29, 0.717) is 25.2 Å². The van der Waals surface area contributed by atoms with Crippen LogP contribution in [0.5, 0.6) is 0 Å². The van der Waals surface area contributed by atoms with Crippen molar-refractivity contribution in [1.29, 1.82) is 0 Å². The molecule has 0 fully saturated rings. The lowest BCUT2D eigenvalue weighted by molar-refractivity contribution is -0.113. The lowest BCUT2D eigenvalue weighted by atomic mass is 10.1. The van der Waals surface area contributed by atoms with E-state index < -0.39 is 0 Å². The standard InChI is InChI=1S/C18H14FN3O2S3/c1-11(23)12-2-6-14(7-3-12)20-16(24)10-26-17-21-22(18(25)27-17)15-8-4-13(19)5-9-15/h2-9H,10H2,1H3,(H,20,24). The average molecular weight is 420 g/mol. The number of aromatic nitrogens is 2. The van der Waals surface area contributed by atoms with E-state index in [1.165, 1.54) is 42.2 Å². The second-order valence-corrected chi connectivity index (χ2v) is 8.34. The van der Waals surface area contributed by atoms with E-state index in [0.717, 1.165) is 0 Å². The maximum Gasteiger partial charge on any atom is 0.234 e. The molecule has 0 bridgehead atoms. The lowest BCUT2D eigenvalue weighted by Gasteiger charge is -2.05. The van der Waals surface area contributed by atoms with Crippen LogP contribution in [0.1, 0.15) is 17.3 Å². The molecule has 0 aliphatic rings. The van der Waals surface area contributed by atoms with Gasteiger partial charge in [-0.1, -0.05) is 23.1 Å². The summed E-state index contributed by atoms with van der Waals surface area (Å²) in [6, 6.07) is 12.6. The smallest absolute Gasteiger partial charge is 0.234 e. The molecule has 1 aromatic heterocycles. The molecule has 2 aromatic carbocycles. The third-order valence-corrected chi connectivity index (χ3v) is 5.87. The van der Waals surface area contributed by atoms with Gasteiger partial charge in [0, 0.05) is 11.3 Å². The van der Waals surface area contributed by atoms with Gasteiger partial charge in [-0.25, -0.2) is 9.07 Å². The van der Waals surface area contributed by atoms with Crippen molar-refractivity contribution in [2.45, 2.75) is 11.3 Å². The van der Waals surface area contributed by atoms with Crippen LogP contribution in [0.2, 0.25) is 0 Å². The van der Waals surface area contributed by atoms with Crippen molar-refractivity contribution < 1.29 is 14.0 Å². The largest absolute Gasteiger partial charge is 0.325 e. The highest BCUT2D eigenvalue weighted by molar-refractivity contribution is 8.01. The number of hydrogen-bond donors (Lipinski definition) is 1. The molecule has 1 heterocycles. The number of nitrogens with zero attached hydrogens (tertiary/aromatic N) is 2. The van der Waals surface area contributed by atoms with Gasteiger partial charge in [-0.15, -0.1) is 5.10 Å². The monoisotopic (exact) mass is 419 g/mol.